The molecule has 0 unspecified atom stereocenters. The molecule has 0 fully saturated rings. The fraction of sp³-hybridized carbons (Fsp3) is 0.100. The maximum atomic E-state index is 6.45. The van der Waals surface area contributed by atoms with E-state index in [1.54, 1.807) is 0 Å². The van der Waals surface area contributed by atoms with Crippen molar-refractivity contribution in [3.05, 3.63) is 152 Å². The molecule has 5 aromatic carbocycles. The summed E-state index contributed by atoms with van der Waals surface area (Å²) < 4.78 is 13.0. The van der Waals surface area contributed by atoms with Gasteiger partial charge in [0, 0.05) is 62.1 Å². The second-order valence-corrected chi connectivity index (χ2v) is 12.3. The molecular formula is C40H31N4OPt-. The maximum Gasteiger partial charge on any atom is 0.168 e. The molecular weight excluding hydrogens is 748 g/mol. The average molecular weight is 779 g/mol. The molecule has 0 aliphatic rings. The second kappa shape index (κ2) is 11.7. The van der Waals surface area contributed by atoms with E-state index < -0.39 is 0 Å². The van der Waals surface area contributed by atoms with E-state index in [1.165, 1.54) is 5.56 Å². The first-order chi connectivity index (χ1) is 21.9. The molecule has 0 saturated carbocycles. The van der Waals surface area contributed by atoms with Crippen molar-refractivity contribution in [3.8, 4) is 28.7 Å². The van der Waals surface area contributed by atoms with Gasteiger partial charge < -0.3 is 9.30 Å². The van der Waals surface area contributed by atoms with Gasteiger partial charge in [0.1, 0.15) is 11.5 Å². The van der Waals surface area contributed by atoms with Gasteiger partial charge in [0.2, 0.25) is 0 Å². The topological polar surface area (TPSA) is 36.9 Å². The van der Waals surface area contributed by atoms with E-state index in [1.807, 2.05) is 36.5 Å². The number of pyridine rings is 1. The molecule has 0 saturated heterocycles. The van der Waals surface area contributed by atoms with Gasteiger partial charge in [0.05, 0.1) is 0 Å². The molecule has 0 amide bonds. The summed E-state index contributed by atoms with van der Waals surface area (Å²) in [5.74, 6) is 2.09. The third-order valence-electron chi connectivity index (χ3n) is 8.30. The van der Waals surface area contributed by atoms with Crippen molar-refractivity contribution >= 4 is 32.8 Å². The maximum absolute atomic E-state index is 6.45. The van der Waals surface area contributed by atoms with E-state index >= 15 is 0 Å². The Hall–Kier alpha value is -4.99. The minimum absolute atomic E-state index is 0. The number of para-hydroxylation sites is 4. The summed E-state index contributed by atoms with van der Waals surface area (Å²) in [6.45, 7) is 6.66. The predicted molar refractivity (Wildman–Crippen MR) is 182 cm³/mol. The summed E-state index contributed by atoms with van der Waals surface area (Å²) >= 11 is 0. The third-order valence-corrected chi connectivity index (χ3v) is 8.30. The van der Waals surface area contributed by atoms with Crippen LogP contribution in [0.25, 0.3) is 50.0 Å². The molecule has 0 N–H and O–H groups in total. The molecule has 3 aromatic heterocycles. The van der Waals surface area contributed by atoms with Crippen molar-refractivity contribution in [1.29, 1.82) is 0 Å². The van der Waals surface area contributed by atoms with E-state index in [2.05, 4.69) is 144 Å². The molecule has 5 nitrogen and oxygen atoms in total. The fourth-order valence-corrected chi connectivity index (χ4v) is 6.03. The minimum Gasteiger partial charge on any atom is -0.508 e. The third kappa shape index (κ3) is 5.21. The smallest absolute Gasteiger partial charge is 0.168 e. The van der Waals surface area contributed by atoms with E-state index in [4.69, 9.17) is 9.72 Å². The molecule has 0 radical (unpaired) electrons. The number of aromatic nitrogens is 4. The Balaban J connectivity index is 0.00000338. The van der Waals surface area contributed by atoms with Gasteiger partial charge in [0.25, 0.3) is 0 Å². The molecule has 6 heteroatoms. The van der Waals surface area contributed by atoms with Gasteiger partial charge in [-0.3, -0.25) is 0 Å². The van der Waals surface area contributed by atoms with Gasteiger partial charge in [-0.05, 0) is 46.7 Å². The summed E-state index contributed by atoms with van der Waals surface area (Å²) in [6, 6.07) is 48.6. The van der Waals surface area contributed by atoms with Crippen molar-refractivity contribution in [2.45, 2.75) is 26.2 Å². The molecule has 0 aliphatic carbocycles. The van der Waals surface area contributed by atoms with E-state index in [0.717, 1.165) is 50.0 Å². The molecule has 3 heterocycles. The Morgan fingerprint density at radius 1 is 0.652 bits per heavy atom. The quantitative estimate of drug-likeness (QED) is 0.163. The number of fused-ring (bicyclic) bond motifs is 4. The van der Waals surface area contributed by atoms with Crippen LogP contribution in [0.2, 0.25) is 0 Å². The summed E-state index contributed by atoms with van der Waals surface area (Å²) in [5, 5.41) is 2.25. The molecule has 0 aliphatic heterocycles. The number of nitrogens with zero attached hydrogens (tertiary/aromatic N) is 4. The first-order valence-electron chi connectivity index (χ1n) is 15.1. The zero-order valence-corrected chi connectivity index (χ0v) is 28.0. The van der Waals surface area contributed by atoms with E-state index in [9.17, 15) is 0 Å². The normalized spacial score (nSPS) is 11.6. The second-order valence-electron chi connectivity index (χ2n) is 12.3. The van der Waals surface area contributed by atoms with Crippen molar-refractivity contribution in [1.82, 2.24) is 18.7 Å². The zero-order valence-electron chi connectivity index (χ0n) is 25.7. The Morgan fingerprint density at radius 2 is 1.35 bits per heavy atom. The van der Waals surface area contributed by atoms with Gasteiger partial charge in [0.15, 0.2) is 17.4 Å². The summed E-state index contributed by atoms with van der Waals surface area (Å²) in [5.41, 5.74) is 7.40. The molecule has 8 aromatic rings. The number of hydrogen-bond donors (Lipinski definition) is 0. The molecule has 8 rings (SSSR count). The summed E-state index contributed by atoms with van der Waals surface area (Å²) in [7, 11) is 0. The molecule has 0 spiro atoms. The Kier molecular flexibility index (Phi) is 7.58. The van der Waals surface area contributed by atoms with Crippen molar-refractivity contribution < 1.29 is 25.8 Å². The van der Waals surface area contributed by atoms with Gasteiger partial charge in [-0.2, -0.15) is 16.7 Å². The van der Waals surface area contributed by atoms with Crippen LogP contribution in [0.3, 0.4) is 0 Å². The molecule has 0 atom stereocenters. The van der Waals surface area contributed by atoms with Gasteiger partial charge in [-0.25, -0.2) is 9.55 Å². The number of ether oxygens (including phenoxy) is 1. The van der Waals surface area contributed by atoms with Crippen LogP contribution in [-0.4, -0.2) is 18.7 Å². The van der Waals surface area contributed by atoms with Crippen LogP contribution in [0.1, 0.15) is 26.3 Å². The van der Waals surface area contributed by atoms with Crippen LogP contribution in [-0.2, 0) is 26.5 Å². The Morgan fingerprint density at radius 3 is 2.13 bits per heavy atom. The van der Waals surface area contributed by atoms with Crippen LogP contribution in [0.5, 0.6) is 11.5 Å². The van der Waals surface area contributed by atoms with Crippen LogP contribution >= 0.6 is 0 Å². The zero-order chi connectivity index (χ0) is 30.5. The first-order valence-corrected chi connectivity index (χ1v) is 15.1. The van der Waals surface area contributed by atoms with Crippen LogP contribution in [0.4, 0.5) is 0 Å². The summed E-state index contributed by atoms with van der Waals surface area (Å²) in [6.07, 6.45) is 3.99. The van der Waals surface area contributed by atoms with Gasteiger partial charge in [-0.15, -0.1) is 29.7 Å². The molecule has 46 heavy (non-hydrogen) atoms. The number of imidazole rings is 1. The Bertz CT molecular complexity index is 2350. The largest absolute Gasteiger partial charge is 0.508 e. The first kappa shape index (κ1) is 29.7. The van der Waals surface area contributed by atoms with Crippen LogP contribution in [0, 0.1) is 12.1 Å². The molecule has 228 valence electrons. The van der Waals surface area contributed by atoms with E-state index in [0.29, 0.717) is 11.5 Å². The van der Waals surface area contributed by atoms with Crippen molar-refractivity contribution in [2.75, 3.05) is 0 Å². The van der Waals surface area contributed by atoms with Gasteiger partial charge in [-0.1, -0.05) is 80.9 Å². The summed E-state index contributed by atoms with van der Waals surface area (Å²) in [4.78, 5) is 4.79. The predicted octanol–water partition coefficient (Wildman–Crippen LogP) is 9.88. The van der Waals surface area contributed by atoms with Crippen LogP contribution in [0.15, 0.2) is 134 Å². The van der Waals surface area contributed by atoms with Crippen molar-refractivity contribution in [3.63, 3.8) is 0 Å². The number of hydrogen-bond acceptors (Lipinski definition) is 2. The number of rotatable bonds is 5. The fourth-order valence-electron chi connectivity index (χ4n) is 6.03. The minimum atomic E-state index is 0. The van der Waals surface area contributed by atoms with Crippen LogP contribution < -0.4 is 4.74 Å². The Labute approximate surface area is 282 Å². The SMILES string of the molecule is CC(C)(C)c1ccnc(-n2c3[c-]c(Oc4[c-]c(-n5[cH+]n(-c6ccccc6)c6ccccc65)ccc4)ccc3c3ccccc32)c1.[Pt]. The standard InChI is InChI=1S/C40H31N4O.Pt/c1-40(2,3)28-22-23-41-39(24-28)44-35-17-8-7-16-33(35)34-21-20-32(26-38(34)44)45-31-15-11-14-30(25-31)43-27-42(29-12-5-4-6-13-29)36-18-9-10-19-37(36)43;/h4-24,27H,1-3H3;/q-1;. The number of benzene rings is 5. The van der Waals surface area contributed by atoms with Gasteiger partial charge >= 0.3 is 0 Å². The van der Waals surface area contributed by atoms with E-state index in [-0.39, 0.29) is 26.5 Å². The van der Waals surface area contributed by atoms with Crippen molar-refractivity contribution in [2.24, 2.45) is 0 Å². The molecule has 0 bridgehead atoms. The monoisotopic (exact) mass is 778 g/mol. The average Bonchev–Trinajstić information content (AvgIpc) is 3.61.